The molecule has 0 saturated carbocycles. The van der Waals surface area contributed by atoms with Crippen molar-refractivity contribution in [2.75, 3.05) is 13.1 Å². The lowest BCUT2D eigenvalue weighted by Gasteiger charge is -2.33. The molecule has 6 heteroatoms. The van der Waals surface area contributed by atoms with Gasteiger partial charge in [-0.25, -0.2) is 4.79 Å². The molecule has 3 heterocycles. The van der Waals surface area contributed by atoms with E-state index in [1.165, 1.54) is 11.1 Å². The van der Waals surface area contributed by atoms with E-state index >= 15 is 0 Å². The van der Waals surface area contributed by atoms with Crippen LogP contribution in [-0.4, -0.2) is 46.2 Å². The summed E-state index contributed by atoms with van der Waals surface area (Å²) in [4.78, 5) is 26.9. The Morgan fingerprint density at radius 1 is 1.14 bits per heavy atom. The minimum atomic E-state index is -0.487. The van der Waals surface area contributed by atoms with Gasteiger partial charge in [0.15, 0.2) is 0 Å². The van der Waals surface area contributed by atoms with Gasteiger partial charge < -0.3 is 19.5 Å². The van der Waals surface area contributed by atoms with Crippen LogP contribution in [0.5, 0.6) is 0 Å². The highest BCUT2D eigenvalue weighted by atomic mass is 16.6. The van der Waals surface area contributed by atoms with Crippen molar-refractivity contribution in [3.05, 3.63) is 35.5 Å². The maximum absolute atomic E-state index is 13.0. The molecule has 0 spiro atoms. The predicted octanol–water partition coefficient (Wildman–Crippen LogP) is 3.72. The molecule has 0 atom stereocenters. The Morgan fingerprint density at radius 2 is 1.89 bits per heavy atom. The molecule has 0 radical (unpaired) electrons. The summed E-state index contributed by atoms with van der Waals surface area (Å²) in [6, 6.07) is 6.33. The van der Waals surface area contributed by atoms with Crippen molar-refractivity contribution >= 4 is 22.9 Å². The number of hydrogen-bond acceptors (Lipinski definition) is 3. The number of benzene rings is 1. The van der Waals surface area contributed by atoms with Crippen LogP contribution in [0.2, 0.25) is 0 Å². The van der Waals surface area contributed by atoms with Crippen molar-refractivity contribution in [1.82, 2.24) is 14.8 Å². The van der Waals surface area contributed by atoms with E-state index in [1.807, 2.05) is 39.1 Å². The third-order valence-corrected chi connectivity index (χ3v) is 5.55. The first-order valence-corrected chi connectivity index (χ1v) is 10.2. The molecular formula is C22H29N3O3. The smallest absolute Gasteiger partial charge is 0.410 e. The molecule has 150 valence electrons. The molecule has 1 aromatic carbocycles. The number of nitrogens with zero attached hydrogens (tertiary/aromatic N) is 2. The number of carbonyl (C=O) groups is 2. The minimum absolute atomic E-state index is 0.0153. The topological polar surface area (TPSA) is 63.6 Å². The van der Waals surface area contributed by atoms with Crippen molar-refractivity contribution in [2.24, 2.45) is 0 Å². The molecule has 4 rings (SSSR count). The van der Waals surface area contributed by atoms with Gasteiger partial charge in [-0.1, -0.05) is 18.2 Å². The van der Waals surface area contributed by atoms with Crippen molar-refractivity contribution in [2.45, 2.75) is 64.6 Å². The van der Waals surface area contributed by atoms with E-state index in [0.717, 1.165) is 43.2 Å². The van der Waals surface area contributed by atoms with Crippen LogP contribution in [-0.2, 0) is 17.7 Å². The number of carbonyl (C=O) groups excluding carboxylic acids is 2. The first kappa shape index (κ1) is 18.8. The number of nitrogens with one attached hydrogen (secondary N) is 1. The van der Waals surface area contributed by atoms with Crippen LogP contribution in [0.4, 0.5) is 4.79 Å². The SMILES string of the molecule is CC(C)(C)OC(=O)N1CCC(NC(=O)c2cn3c4c(cccc24)CCC3)CC1. The molecule has 0 aliphatic carbocycles. The molecule has 1 aromatic heterocycles. The van der Waals surface area contributed by atoms with E-state index in [1.54, 1.807) is 4.90 Å². The highest BCUT2D eigenvalue weighted by molar-refractivity contribution is 6.07. The first-order valence-electron chi connectivity index (χ1n) is 10.2. The maximum atomic E-state index is 13.0. The van der Waals surface area contributed by atoms with Crippen LogP contribution in [0.15, 0.2) is 24.4 Å². The number of para-hydroxylation sites is 1. The Bertz CT molecular complexity index is 902. The van der Waals surface area contributed by atoms with Crippen LogP contribution in [0.3, 0.4) is 0 Å². The molecular weight excluding hydrogens is 354 g/mol. The summed E-state index contributed by atoms with van der Waals surface area (Å²) < 4.78 is 7.66. The standard InChI is InChI=1S/C22H29N3O3/c1-22(2,3)28-21(27)24-12-9-16(10-13-24)23-20(26)18-14-25-11-5-7-15-6-4-8-17(18)19(15)25/h4,6,8,14,16H,5,7,9-13H2,1-3H3,(H,23,26). The summed E-state index contributed by atoms with van der Waals surface area (Å²) in [5.74, 6) is -0.0153. The van der Waals surface area contributed by atoms with Gasteiger partial charge in [0.1, 0.15) is 5.60 Å². The number of amides is 2. The van der Waals surface area contributed by atoms with E-state index < -0.39 is 5.60 Å². The number of piperidine rings is 1. The third kappa shape index (κ3) is 3.73. The summed E-state index contributed by atoms with van der Waals surface area (Å²) in [7, 11) is 0. The number of hydrogen-bond donors (Lipinski definition) is 1. The molecule has 2 amide bonds. The van der Waals surface area contributed by atoms with E-state index in [4.69, 9.17) is 4.74 Å². The molecule has 2 aliphatic rings. The van der Waals surface area contributed by atoms with Crippen LogP contribution in [0.25, 0.3) is 10.9 Å². The second-order valence-corrected chi connectivity index (χ2v) is 8.87. The van der Waals surface area contributed by atoms with Gasteiger partial charge >= 0.3 is 6.09 Å². The Balaban J connectivity index is 1.40. The van der Waals surface area contributed by atoms with Crippen LogP contribution < -0.4 is 5.32 Å². The maximum Gasteiger partial charge on any atom is 0.410 e. The van der Waals surface area contributed by atoms with Crippen LogP contribution >= 0.6 is 0 Å². The summed E-state index contributed by atoms with van der Waals surface area (Å²) >= 11 is 0. The third-order valence-electron chi connectivity index (χ3n) is 5.55. The lowest BCUT2D eigenvalue weighted by Crippen LogP contribution is -2.47. The fourth-order valence-electron chi connectivity index (χ4n) is 4.23. The fourth-order valence-corrected chi connectivity index (χ4v) is 4.23. The lowest BCUT2D eigenvalue weighted by atomic mass is 10.0. The first-order chi connectivity index (χ1) is 13.3. The molecule has 1 fully saturated rings. The van der Waals surface area contributed by atoms with Gasteiger partial charge in [-0.3, -0.25) is 4.79 Å². The number of rotatable bonds is 2. The average molecular weight is 383 g/mol. The van der Waals surface area contributed by atoms with Gasteiger partial charge in [0.25, 0.3) is 5.91 Å². The van der Waals surface area contributed by atoms with Crippen molar-refractivity contribution in [3.8, 4) is 0 Å². The molecule has 0 unspecified atom stereocenters. The highest BCUT2D eigenvalue weighted by Crippen LogP contribution is 2.29. The van der Waals surface area contributed by atoms with Crippen molar-refractivity contribution < 1.29 is 14.3 Å². The molecule has 1 N–H and O–H groups in total. The summed E-state index contributed by atoms with van der Waals surface area (Å²) in [6.45, 7) is 7.79. The zero-order valence-corrected chi connectivity index (χ0v) is 17.0. The van der Waals surface area contributed by atoms with Crippen molar-refractivity contribution in [1.29, 1.82) is 0 Å². The number of aryl methyl sites for hydroxylation is 2. The van der Waals surface area contributed by atoms with Gasteiger partial charge in [-0.15, -0.1) is 0 Å². The van der Waals surface area contributed by atoms with E-state index in [2.05, 4.69) is 16.0 Å². The monoisotopic (exact) mass is 383 g/mol. The molecule has 0 bridgehead atoms. The van der Waals surface area contributed by atoms with E-state index in [0.29, 0.717) is 13.1 Å². The quantitative estimate of drug-likeness (QED) is 0.860. The van der Waals surface area contributed by atoms with Crippen LogP contribution in [0.1, 0.15) is 56.0 Å². The van der Waals surface area contributed by atoms with Crippen molar-refractivity contribution in [3.63, 3.8) is 0 Å². The molecule has 1 saturated heterocycles. The lowest BCUT2D eigenvalue weighted by molar-refractivity contribution is 0.0199. The number of aromatic nitrogens is 1. The minimum Gasteiger partial charge on any atom is -0.444 e. The Morgan fingerprint density at radius 3 is 2.61 bits per heavy atom. The molecule has 28 heavy (non-hydrogen) atoms. The largest absolute Gasteiger partial charge is 0.444 e. The summed E-state index contributed by atoms with van der Waals surface area (Å²) in [5, 5.41) is 4.22. The highest BCUT2D eigenvalue weighted by Gasteiger charge is 2.28. The average Bonchev–Trinajstić information content (AvgIpc) is 3.02. The second kappa shape index (κ2) is 7.15. The molecule has 6 nitrogen and oxygen atoms in total. The number of ether oxygens (including phenoxy) is 1. The number of likely N-dealkylation sites (tertiary alicyclic amines) is 1. The zero-order valence-electron chi connectivity index (χ0n) is 17.0. The van der Waals surface area contributed by atoms with Gasteiger partial charge in [-0.05, 0) is 52.0 Å². The molecule has 2 aromatic rings. The van der Waals surface area contributed by atoms with Gasteiger partial charge in [-0.2, -0.15) is 0 Å². The van der Waals surface area contributed by atoms with Gasteiger partial charge in [0.2, 0.25) is 0 Å². The Labute approximate surface area is 165 Å². The normalized spacial score (nSPS) is 17.6. The predicted molar refractivity (Wildman–Crippen MR) is 109 cm³/mol. The van der Waals surface area contributed by atoms with Crippen LogP contribution in [0, 0.1) is 0 Å². The zero-order chi connectivity index (χ0) is 19.9. The fraction of sp³-hybridized carbons (Fsp3) is 0.545. The summed E-state index contributed by atoms with van der Waals surface area (Å²) in [5.41, 5.74) is 2.80. The van der Waals surface area contributed by atoms with E-state index in [9.17, 15) is 9.59 Å². The Kier molecular flexibility index (Phi) is 4.81. The van der Waals surface area contributed by atoms with E-state index in [-0.39, 0.29) is 18.0 Å². The second-order valence-electron chi connectivity index (χ2n) is 8.87. The Hall–Kier alpha value is -2.50. The summed E-state index contributed by atoms with van der Waals surface area (Å²) in [6.07, 6.45) is 5.41. The molecule has 2 aliphatic heterocycles. The van der Waals surface area contributed by atoms with Gasteiger partial charge in [0.05, 0.1) is 11.1 Å². The van der Waals surface area contributed by atoms with Gasteiger partial charge in [0, 0.05) is 37.3 Å².